The molecular weight excluding hydrogens is 246 g/mol. The Hall–Kier alpha value is -0.570. The van der Waals surface area contributed by atoms with Crippen LogP contribution in [0.2, 0.25) is 5.02 Å². The van der Waals surface area contributed by atoms with E-state index < -0.39 is 0 Å². The lowest BCUT2D eigenvalue weighted by Gasteiger charge is -2.31. The van der Waals surface area contributed by atoms with Gasteiger partial charge in [0.1, 0.15) is 0 Å². The number of rotatable bonds is 5. The molecule has 0 amide bonds. The van der Waals surface area contributed by atoms with E-state index in [1.54, 1.807) is 0 Å². The molecule has 0 heterocycles. The third kappa shape index (κ3) is 3.98. The highest BCUT2D eigenvalue weighted by molar-refractivity contribution is 6.30. The van der Waals surface area contributed by atoms with Crippen LogP contribution in [0.3, 0.4) is 0 Å². The molecule has 1 aliphatic rings. The topological polar surface area (TPSA) is 21.3 Å². The van der Waals surface area contributed by atoms with Gasteiger partial charge in [-0.15, -0.1) is 0 Å². The normalized spacial score (nSPS) is 24.1. The van der Waals surface area contributed by atoms with Crippen LogP contribution in [0, 0.1) is 0 Å². The van der Waals surface area contributed by atoms with Crippen molar-refractivity contribution in [2.24, 2.45) is 0 Å². The number of nitrogens with one attached hydrogen (secondary N) is 1. The highest BCUT2D eigenvalue weighted by Gasteiger charge is 2.23. The quantitative estimate of drug-likeness (QED) is 0.883. The Labute approximate surface area is 115 Å². The summed E-state index contributed by atoms with van der Waals surface area (Å²) in [6.45, 7) is 0.991. The number of methoxy groups -OCH3 is 1. The molecule has 0 spiro atoms. The first kappa shape index (κ1) is 13.9. The van der Waals surface area contributed by atoms with E-state index in [0.717, 1.165) is 18.0 Å². The number of hydrogen-bond donors (Lipinski definition) is 1. The summed E-state index contributed by atoms with van der Waals surface area (Å²) in [4.78, 5) is 0. The van der Waals surface area contributed by atoms with E-state index in [1.165, 1.54) is 31.2 Å². The zero-order valence-electron chi connectivity index (χ0n) is 11.0. The number of ether oxygens (including phenoxy) is 1. The fraction of sp³-hybridized carbons (Fsp3) is 0.600. The first-order valence-corrected chi connectivity index (χ1v) is 7.18. The van der Waals surface area contributed by atoms with Gasteiger partial charge >= 0.3 is 0 Å². The zero-order chi connectivity index (χ0) is 12.8. The lowest BCUT2D eigenvalue weighted by Crippen LogP contribution is -2.43. The Morgan fingerprint density at radius 2 is 2.17 bits per heavy atom. The summed E-state index contributed by atoms with van der Waals surface area (Å²) in [5.74, 6) is 0. The molecule has 100 valence electrons. The Kier molecular flexibility index (Phi) is 5.48. The molecular formula is C15H22ClNO. The smallest absolute Gasteiger partial charge is 0.0724 e. The van der Waals surface area contributed by atoms with Crippen LogP contribution < -0.4 is 5.32 Å². The minimum absolute atomic E-state index is 0.387. The summed E-state index contributed by atoms with van der Waals surface area (Å²) in [5, 5.41) is 4.44. The maximum atomic E-state index is 5.98. The molecule has 0 bridgehead atoms. The fourth-order valence-corrected chi connectivity index (χ4v) is 2.92. The summed E-state index contributed by atoms with van der Waals surface area (Å²) >= 11 is 5.98. The molecule has 0 unspecified atom stereocenters. The van der Waals surface area contributed by atoms with E-state index in [2.05, 4.69) is 11.4 Å². The van der Waals surface area contributed by atoms with Crippen molar-refractivity contribution in [1.29, 1.82) is 0 Å². The minimum Gasteiger partial charge on any atom is -0.380 e. The average Bonchev–Trinajstić information content (AvgIpc) is 2.39. The van der Waals surface area contributed by atoms with Crippen LogP contribution >= 0.6 is 11.6 Å². The summed E-state index contributed by atoms with van der Waals surface area (Å²) in [5.41, 5.74) is 1.29. The molecule has 0 aliphatic heterocycles. The van der Waals surface area contributed by atoms with Crippen LogP contribution in [-0.2, 0) is 11.2 Å². The average molecular weight is 268 g/mol. The predicted octanol–water partition coefficient (Wildman–Crippen LogP) is 3.43. The first-order valence-electron chi connectivity index (χ1n) is 6.80. The molecule has 1 saturated carbocycles. The molecule has 1 fully saturated rings. The maximum Gasteiger partial charge on any atom is 0.0724 e. The SMILES string of the molecule is CO[C@@H]1CCCC[C@H]1NCCc1cccc(Cl)c1. The predicted molar refractivity (Wildman–Crippen MR) is 76.2 cm³/mol. The Morgan fingerprint density at radius 3 is 2.94 bits per heavy atom. The van der Waals surface area contributed by atoms with Crippen LogP contribution in [0.5, 0.6) is 0 Å². The fourth-order valence-electron chi connectivity index (χ4n) is 2.71. The third-order valence-corrected chi connectivity index (χ3v) is 3.95. The molecule has 1 aromatic carbocycles. The van der Waals surface area contributed by atoms with Gasteiger partial charge in [-0.3, -0.25) is 0 Å². The molecule has 0 aromatic heterocycles. The van der Waals surface area contributed by atoms with Gasteiger partial charge in [0, 0.05) is 18.2 Å². The monoisotopic (exact) mass is 267 g/mol. The van der Waals surface area contributed by atoms with E-state index in [9.17, 15) is 0 Å². The van der Waals surface area contributed by atoms with Gasteiger partial charge in [-0.25, -0.2) is 0 Å². The van der Waals surface area contributed by atoms with Gasteiger partial charge in [0.15, 0.2) is 0 Å². The lowest BCUT2D eigenvalue weighted by atomic mass is 9.92. The van der Waals surface area contributed by atoms with Crippen LogP contribution in [-0.4, -0.2) is 25.8 Å². The van der Waals surface area contributed by atoms with Gasteiger partial charge in [0.2, 0.25) is 0 Å². The lowest BCUT2D eigenvalue weighted by molar-refractivity contribution is 0.0421. The van der Waals surface area contributed by atoms with E-state index >= 15 is 0 Å². The second-order valence-electron chi connectivity index (χ2n) is 5.00. The van der Waals surface area contributed by atoms with Gasteiger partial charge in [0.25, 0.3) is 0 Å². The van der Waals surface area contributed by atoms with E-state index in [0.29, 0.717) is 12.1 Å². The Balaban J connectivity index is 1.77. The summed E-state index contributed by atoms with van der Waals surface area (Å²) < 4.78 is 5.54. The number of halogens is 1. The molecule has 1 aromatic rings. The first-order chi connectivity index (χ1) is 8.79. The molecule has 0 saturated heterocycles. The maximum absolute atomic E-state index is 5.98. The van der Waals surface area contributed by atoms with Crippen molar-refractivity contribution in [3.05, 3.63) is 34.9 Å². The van der Waals surface area contributed by atoms with Crippen molar-refractivity contribution in [3.63, 3.8) is 0 Å². The summed E-state index contributed by atoms with van der Waals surface area (Å²) in [6.07, 6.45) is 6.44. The van der Waals surface area contributed by atoms with Gasteiger partial charge in [-0.1, -0.05) is 36.6 Å². The second-order valence-corrected chi connectivity index (χ2v) is 5.44. The van der Waals surface area contributed by atoms with Crippen molar-refractivity contribution >= 4 is 11.6 Å². The van der Waals surface area contributed by atoms with Gasteiger partial charge in [0.05, 0.1) is 6.10 Å². The minimum atomic E-state index is 0.387. The van der Waals surface area contributed by atoms with Crippen molar-refractivity contribution in [2.75, 3.05) is 13.7 Å². The molecule has 2 atom stereocenters. The molecule has 2 rings (SSSR count). The van der Waals surface area contributed by atoms with Crippen LogP contribution in [0.1, 0.15) is 31.2 Å². The van der Waals surface area contributed by atoms with Crippen molar-refractivity contribution in [1.82, 2.24) is 5.32 Å². The molecule has 2 nitrogen and oxygen atoms in total. The van der Waals surface area contributed by atoms with Crippen LogP contribution in [0.15, 0.2) is 24.3 Å². The summed E-state index contributed by atoms with van der Waals surface area (Å²) in [6, 6.07) is 8.61. The van der Waals surface area contributed by atoms with E-state index in [-0.39, 0.29) is 0 Å². The van der Waals surface area contributed by atoms with Crippen molar-refractivity contribution in [3.8, 4) is 0 Å². The third-order valence-electron chi connectivity index (χ3n) is 3.71. The van der Waals surface area contributed by atoms with E-state index in [1.807, 2.05) is 25.3 Å². The zero-order valence-corrected chi connectivity index (χ0v) is 11.7. The largest absolute Gasteiger partial charge is 0.380 e. The molecule has 1 N–H and O–H groups in total. The molecule has 1 aliphatic carbocycles. The number of hydrogen-bond acceptors (Lipinski definition) is 2. The van der Waals surface area contributed by atoms with Gasteiger partial charge < -0.3 is 10.1 Å². The highest BCUT2D eigenvalue weighted by Crippen LogP contribution is 2.20. The summed E-state index contributed by atoms with van der Waals surface area (Å²) in [7, 11) is 1.82. The molecule has 3 heteroatoms. The Morgan fingerprint density at radius 1 is 1.33 bits per heavy atom. The standard InChI is InChI=1S/C15H22ClNO/c1-18-15-8-3-2-7-14(15)17-10-9-12-5-4-6-13(16)11-12/h4-6,11,14-15,17H,2-3,7-10H2,1H3/t14-,15-/m1/s1. The second kappa shape index (κ2) is 7.13. The van der Waals surface area contributed by atoms with Crippen LogP contribution in [0.4, 0.5) is 0 Å². The van der Waals surface area contributed by atoms with Crippen molar-refractivity contribution < 1.29 is 4.74 Å². The van der Waals surface area contributed by atoms with Gasteiger partial charge in [-0.2, -0.15) is 0 Å². The highest BCUT2D eigenvalue weighted by atomic mass is 35.5. The number of benzene rings is 1. The molecule has 18 heavy (non-hydrogen) atoms. The Bertz CT molecular complexity index is 369. The molecule has 0 radical (unpaired) electrons. The van der Waals surface area contributed by atoms with E-state index in [4.69, 9.17) is 16.3 Å². The van der Waals surface area contributed by atoms with Crippen LogP contribution in [0.25, 0.3) is 0 Å². The van der Waals surface area contributed by atoms with Gasteiger partial charge in [-0.05, 0) is 43.5 Å². The van der Waals surface area contributed by atoms with Crippen molar-refractivity contribution in [2.45, 2.75) is 44.2 Å².